The van der Waals surface area contributed by atoms with Gasteiger partial charge in [-0.25, -0.2) is 28.1 Å². The molecule has 3 rings (SSSR count). The Morgan fingerprint density at radius 1 is 1.14 bits per heavy atom. The van der Waals surface area contributed by atoms with Gasteiger partial charge in [0, 0.05) is 32.1 Å². The summed E-state index contributed by atoms with van der Waals surface area (Å²) in [6.45, 7) is 4.89. The van der Waals surface area contributed by atoms with E-state index in [0.717, 1.165) is 17.2 Å². The average molecular weight is 417 g/mol. The molecule has 0 bridgehead atoms. The van der Waals surface area contributed by atoms with Crippen LogP contribution in [0.5, 0.6) is 0 Å². The Morgan fingerprint density at radius 2 is 1.90 bits per heavy atom. The smallest absolute Gasteiger partial charge is 0.240 e. The van der Waals surface area contributed by atoms with Crippen LogP contribution in [0.15, 0.2) is 47.6 Å². The zero-order valence-electron chi connectivity index (χ0n) is 16.6. The van der Waals surface area contributed by atoms with Gasteiger partial charge in [0.1, 0.15) is 5.82 Å². The number of rotatable bonds is 9. The summed E-state index contributed by atoms with van der Waals surface area (Å²) in [5, 5.41) is 3.09. The Bertz CT molecular complexity index is 1060. The third kappa shape index (κ3) is 5.17. The first-order chi connectivity index (χ1) is 13.9. The highest BCUT2D eigenvalue weighted by molar-refractivity contribution is 7.89. The highest BCUT2D eigenvalue weighted by Crippen LogP contribution is 2.21. The number of hydrogen-bond donors (Lipinski definition) is 2. The molecule has 154 valence electrons. The van der Waals surface area contributed by atoms with Crippen LogP contribution >= 0.6 is 0 Å². The van der Waals surface area contributed by atoms with Gasteiger partial charge in [-0.2, -0.15) is 0 Å². The maximum absolute atomic E-state index is 12.3. The van der Waals surface area contributed by atoms with Crippen molar-refractivity contribution < 1.29 is 13.2 Å². The van der Waals surface area contributed by atoms with Crippen LogP contribution in [0.1, 0.15) is 12.7 Å². The fourth-order valence-corrected chi connectivity index (χ4v) is 3.64. The molecule has 2 N–H and O–H groups in total. The number of nitrogens with zero attached hydrogens (tertiary/aromatic N) is 4. The molecular weight excluding hydrogens is 392 g/mol. The van der Waals surface area contributed by atoms with Crippen LogP contribution < -0.4 is 10.0 Å². The minimum absolute atomic E-state index is 0.180. The highest BCUT2D eigenvalue weighted by atomic mass is 32.2. The fourth-order valence-electron chi connectivity index (χ4n) is 2.62. The molecule has 0 aliphatic rings. The molecule has 0 atom stereocenters. The van der Waals surface area contributed by atoms with E-state index in [9.17, 15) is 8.42 Å². The summed E-state index contributed by atoms with van der Waals surface area (Å²) in [4.78, 5) is 13.2. The number of nitrogens with one attached hydrogen (secondary N) is 2. The summed E-state index contributed by atoms with van der Waals surface area (Å²) in [6.07, 6.45) is 3.42. The largest absolute Gasteiger partial charge is 0.380 e. The monoisotopic (exact) mass is 416 g/mol. The first-order valence-corrected chi connectivity index (χ1v) is 10.7. The lowest BCUT2D eigenvalue weighted by Gasteiger charge is -2.09. The second-order valence-electron chi connectivity index (χ2n) is 6.26. The lowest BCUT2D eigenvalue weighted by molar-refractivity contribution is 0.153. The van der Waals surface area contributed by atoms with Crippen LogP contribution in [0.3, 0.4) is 0 Å². The SMILES string of the molecule is CCOCCNS(=O)(=O)c1ccc(Nc2nccc(-c3cnc(C)n3C)n2)cc1. The molecule has 2 aromatic heterocycles. The van der Waals surface area contributed by atoms with E-state index in [1.165, 1.54) is 12.1 Å². The van der Waals surface area contributed by atoms with Crippen molar-refractivity contribution in [2.45, 2.75) is 18.7 Å². The number of hydrogen-bond acceptors (Lipinski definition) is 7. The predicted octanol–water partition coefficient (Wildman–Crippen LogP) is 2.24. The van der Waals surface area contributed by atoms with Gasteiger partial charge in [-0.1, -0.05) is 0 Å². The molecule has 0 aliphatic carbocycles. The van der Waals surface area contributed by atoms with Crippen molar-refractivity contribution in [2.24, 2.45) is 7.05 Å². The van der Waals surface area contributed by atoms with Crippen LogP contribution in [-0.2, 0) is 21.8 Å². The molecule has 9 nitrogen and oxygen atoms in total. The lowest BCUT2D eigenvalue weighted by atomic mass is 10.3. The second-order valence-corrected chi connectivity index (χ2v) is 8.03. The van der Waals surface area contributed by atoms with E-state index in [1.54, 1.807) is 24.5 Å². The zero-order chi connectivity index (χ0) is 20.9. The molecule has 0 radical (unpaired) electrons. The van der Waals surface area contributed by atoms with Crippen LogP contribution in [0.25, 0.3) is 11.4 Å². The van der Waals surface area contributed by atoms with E-state index in [0.29, 0.717) is 24.8 Å². The molecule has 3 aromatic rings. The van der Waals surface area contributed by atoms with Gasteiger partial charge in [-0.3, -0.25) is 0 Å². The Morgan fingerprint density at radius 3 is 2.55 bits per heavy atom. The summed E-state index contributed by atoms with van der Waals surface area (Å²) in [6, 6.07) is 8.20. The standard InChI is InChI=1S/C19H24N6O3S/c1-4-28-12-11-22-29(26,27)16-7-5-15(6-8-16)23-19-20-10-9-17(24-19)18-13-21-14(2)25(18)3/h5-10,13,22H,4,11-12H2,1-3H3,(H,20,23,24). The molecule has 0 fully saturated rings. The maximum Gasteiger partial charge on any atom is 0.240 e. The Hall–Kier alpha value is -2.82. The third-order valence-electron chi connectivity index (χ3n) is 4.30. The molecule has 0 spiro atoms. The zero-order valence-corrected chi connectivity index (χ0v) is 17.4. The highest BCUT2D eigenvalue weighted by Gasteiger charge is 2.13. The molecule has 0 saturated heterocycles. The average Bonchev–Trinajstić information content (AvgIpc) is 3.05. The van der Waals surface area contributed by atoms with Crippen molar-refractivity contribution in [3.63, 3.8) is 0 Å². The van der Waals surface area contributed by atoms with Crippen LogP contribution in [0.2, 0.25) is 0 Å². The Labute approximate surface area is 170 Å². The van der Waals surface area contributed by atoms with Gasteiger partial charge >= 0.3 is 0 Å². The van der Waals surface area contributed by atoms with E-state index in [4.69, 9.17) is 4.74 Å². The first kappa shape index (κ1) is 20.9. The summed E-state index contributed by atoms with van der Waals surface area (Å²) in [7, 11) is -1.65. The molecule has 29 heavy (non-hydrogen) atoms. The van der Waals surface area contributed by atoms with Gasteiger partial charge in [0.25, 0.3) is 0 Å². The van der Waals surface area contributed by atoms with Crippen molar-refractivity contribution in [1.82, 2.24) is 24.2 Å². The van der Waals surface area contributed by atoms with Gasteiger partial charge in [0.2, 0.25) is 16.0 Å². The number of sulfonamides is 1. The van der Waals surface area contributed by atoms with Gasteiger partial charge in [-0.15, -0.1) is 0 Å². The van der Waals surface area contributed by atoms with Gasteiger partial charge in [0.05, 0.1) is 29.1 Å². The Kier molecular flexibility index (Phi) is 6.57. The van der Waals surface area contributed by atoms with Crippen molar-refractivity contribution in [3.8, 4) is 11.4 Å². The summed E-state index contributed by atoms with van der Waals surface area (Å²) < 4.78 is 34.2. The molecule has 0 amide bonds. The molecule has 0 saturated carbocycles. The summed E-state index contributed by atoms with van der Waals surface area (Å²) >= 11 is 0. The number of ether oxygens (including phenoxy) is 1. The van der Waals surface area contributed by atoms with Crippen molar-refractivity contribution in [2.75, 3.05) is 25.1 Å². The minimum Gasteiger partial charge on any atom is -0.380 e. The normalized spacial score (nSPS) is 11.6. The van der Waals surface area contributed by atoms with Crippen molar-refractivity contribution >= 4 is 21.7 Å². The molecule has 10 heteroatoms. The fraction of sp³-hybridized carbons (Fsp3) is 0.316. The minimum atomic E-state index is -3.57. The molecule has 1 aromatic carbocycles. The molecule has 0 aliphatic heterocycles. The van der Waals surface area contributed by atoms with E-state index in [1.807, 2.05) is 31.5 Å². The van der Waals surface area contributed by atoms with Crippen molar-refractivity contribution in [1.29, 1.82) is 0 Å². The quantitative estimate of drug-likeness (QED) is 0.515. The number of imidazole rings is 1. The first-order valence-electron chi connectivity index (χ1n) is 9.17. The predicted molar refractivity (Wildman–Crippen MR) is 110 cm³/mol. The number of benzene rings is 1. The van der Waals surface area contributed by atoms with Gasteiger partial charge in [0.15, 0.2) is 0 Å². The number of aromatic nitrogens is 4. The summed E-state index contributed by atoms with van der Waals surface area (Å²) in [5.74, 6) is 1.30. The maximum atomic E-state index is 12.3. The third-order valence-corrected chi connectivity index (χ3v) is 5.78. The second kappa shape index (κ2) is 9.12. The number of aryl methyl sites for hydroxylation is 1. The van der Waals surface area contributed by atoms with E-state index in [-0.39, 0.29) is 11.4 Å². The van der Waals surface area contributed by atoms with E-state index >= 15 is 0 Å². The topological polar surface area (TPSA) is 111 Å². The lowest BCUT2D eigenvalue weighted by Crippen LogP contribution is -2.27. The number of anilines is 2. The molecule has 0 unspecified atom stereocenters. The van der Waals surface area contributed by atoms with E-state index < -0.39 is 10.0 Å². The van der Waals surface area contributed by atoms with Crippen molar-refractivity contribution in [3.05, 3.63) is 48.5 Å². The molecule has 2 heterocycles. The summed E-state index contributed by atoms with van der Waals surface area (Å²) in [5.41, 5.74) is 2.30. The van der Waals surface area contributed by atoms with Crippen LogP contribution in [-0.4, -0.2) is 47.7 Å². The molecular formula is C19H24N6O3S. The van der Waals surface area contributed by atoms with Gasteiger partial charge in [-0.05, 0) is 44.2 Å². The van der Waals surface area contributed by atoms with Gasteiger partial charge < -0.3 is 14.6 Å². The van der Waals surface area contributed by atoms with Crippen LogP contribution in [0.4, 0.5) is 11.6 Å². The van der Waals surface area contributed by atoms with E-state index in [2.05, 4.69) is 25.0 Å². The van der Waals surface area contributed by atoms with Crippen LogP contribution in [0, 0.1) is 6.92 Å². The Balaban J connectivity index is 1.70.